The van der Waals surface area contributed by atoms with Crippen LogP contribution in [-0.4, -0.2) is 47.3 Å². The Kier molecular flexibility index (Phi) is 6.18. The summed E-state index contributed by atoms with van der Waals surface area (Å²) in [5.41, 5.74) is 3.92. The van der Waals surface area contributed by atoms with Crippen LogP contribution in [0.5, 0.6) is 11.5 Å². The number of rotatable bonds is 6. The number of aromatic hydroxyl groups is 1. The van der Waals surface area contributed by atoms with E-state index in [2.05, 4.69) is 9.47 Å². The molecule has 1 N–H and O–H groups in total. The number of hydrogen-bond donors (Lipinski definition) is 1. The molecule has 6 nitrogen and oxygen atoms in total. The van der Waals surface area contributed by atoms with Crippen molar-refractivity contribution in [3.8, 4) is 17.2 Å². The van der Waals surface area contributed by atoms with Gasteiger partial charge in [0.25, 0.3) is 0 Å². The van der Waals surface area contributed by atoms with Crippen molar-refractivity contribution < 1.29 is 19.4 Å². The topological polar surface area (TPSA) is 63.9 Å². The molecule has 0 spiro atoms. The van der Waals surface area contributed by atoms with Crippen molar-refractivity contribution >= 4 is 16.9 Å². The van der Waals surface area contributed by atoms with E-state index in [0.29, 0.717) is 18.7 Å². The fourth-order valence-electron chi connectivity index (χ4n) is 4.58. The standard InChI is InChI=1S/C25H30N2O4/c1-4-31-25(29)23-17(2)27(18-8-10-19(30-3)11-9-18)21-12-13-22(28)20(24(21)23)16-26-14-6-5-7-15-26/h8-13,28H,4-7,14-16H2,1-3H3. The molecule has 0 saturated carbocycles. The second-order valence-corrected chi connectivity index (χ2v) is 8.01. The third-order valence-corrected chi connectivity index (χ3v) is 6.09. The zero-order valence-corrected chi connectivity index (χ0v) is 18.5. The van der Waals surface area contributed by atoms with Crippen LogP contribution in [-0.2, 0) is 11.3 Å². The molecule has 31 heavy (non-hydrogen) atoms. The maximum atomic E-state index is 13.0. The number of ether oxygens (including phenoxy) is 2. The lowest BCUT2D eigenvalue weighted by Gasteiger charge is -2.27. The van der Waals surface area contributed by atoms with E-state index in [1.165, 1.54) is 6.42 Å². The number of fused-ring (bicyclic) bond motifs is 1. The predicted molar refractivity (Wildman–Crippen MR) is 121 cm³/mol. The van der Waals surface area contributed by atoms with Gasteiger partial charge in [0.1, 0.15) is 11.5 Å². The van der Waals surface area contributed by atoms with Crippen molar-refractivity contribution in [2.75, 3.05) is 26.8 Å². The van der Waals surface area contributed by atoms with Gasteiger partial charge in [0.15, 0.2) is 0 Å². The number of phenols is 1. The molecule has 0 unspecified atom stereocenters. The van der Waals surface area contributed by atoms with Crippen LogP contribution < -0.4 is 4.74 Å². The van der Waals surface area contributed by atoms with E-state index in [4.69, 9.17) is 9.47 Å². The quantitative estimate of drug-likeness (QED) is 0.577. The van der Waals surface area contributed by atoms with Crippen molar-refractivity contribution in [1.29, 1.82) is 0 Å². The minimum atomic E-state index is -0.359. The Morgan fingerprint density at radius 2 is 1.77 bits per heavy atom. The summed E-state index contributed by atoms with van der Waals surface area (Å²) in [5.74, 6) is 0.630. The summed E-state index contributed by atoms with van der Waals surface area (Å²) in [7, 11) is 1.64. The third kappa shape index (κ3) is 4.00. The highest BCUT2D eigenvalue weighted by molar-refractivity contribution is 6.08. The predicted octanol–water partition coefficient (Wildman–Crippen LogP) is 4.82. The lowest BCUT2D eigenvalue weighted by molar-refractivity contribution is 0.0527. The van der Waals surface area contributed by atoms with Gasteiger partial charge in [-0.3, -0.25) is 4.90 Å². The van der Waals surface area contributed by atoms with E-state index < -0.39 is 0 Å². The second kappa shape index (κ2) is 9.02. The number of phenolic OH excluding ortho intramolecular Hbond substituents is 1. The molecular formula is C25H30N2O4. The van der Waals surface area contributed by atoms with Crippen LogP contribution in [0.3, 0.4) is 0 Å². The molecule has 4 rings (SSSR count). The summed E-state index contributed by atoms with van der Waals surface area (Å²) in [6, 6.07) is 11.4. The summed E-state index contributed by atoms with van der Waals surface area (Å²) < 4.78 is 12.8. The monoisotopic (exact) mass is 422 g/mol. The smallest absolute Gasteiger partial charge is 0.340 e. The molecule has 2 aromatic carbocycles. The normalized spacial score (nSPS) is 14.7. The Morgan fingerprint density at radius 1 is 1.06 bits per heavy atom. The van der Waals surface area contributed by atoms with Crippen LogP contribution in [0.2, 0.25) is 0 Å². The van der Waals surface area contributed by atoms with Gasteiger partial charge in [-0.25, -0.2) is 4.79 Å². The van der Waals surface area contributed by atoms with Crippen molar-refractivity contribution in [2.24, 2.45) is 0 Å². The van der Waals surface area contributed by atoms with Gasteiger partial charge in [-0.15, -0.1) is 0 Å². The first kappa shape index (κ1) is 21.2. The Labute approximate surface area is 183 Å². The molecule has 3 aromatic rings. The fraction of sp³-hybridized carbons (Fsp3) is 0.400. The molecule has 1 aliphatic heterocycles. The van der Waals surface area contributed by atoms with Crippen LogP contribution in [0, 0.1) is 6.92 Å². The van der Waals surface area contributed by atoms with E-state index in [0.717, 1.165) is 59.5 Å². The van der Waals surface area contributed by atoms with Crippen LogP contribution in [0.1, 0.15) is 47.8 Å². The lowest BCUT2D eigenvalue weighted by atomic mass is 10.0. The van der Waals surface area contributed by atoms with Crippen molar-refractivity contribution in [3.63, 3.8) is 0 Å². The molecule has 0 radical (unpaired) electrons. The zero-order chi connectivity index (χ0) is 22.0. The van der Waals surface area contributed by atoms with E-state index in [1.807, 2.05) is 44.2 Å². The van der Waals surface area contributed by atoms with E-state index in [9.17, 15) is 9.90 Å². The summed E-state index contributed by atoms with van der Waals surface area (Å²) in [6.07, 6.45) is 3.56. The van der Waals surface area contributed by atoms with Crippen molar-refractivity contribution in [3.05, 3.63) is 53.2 Å². The lowest BCUT2D eigenvalue weighted by Crippen LogP contribution is -2.29. The molecule has 0 atom stereocenters. The number of likely N-dealkylation sites (tertiary alicyclic amines) is 1. The Bertz CT molecular complexity index is 1080. The van der Waals surface area contributed by atoms with Crippen molar-refractivity contribution in [1.82, 2.24) is 9.47 Å². The molecule has 6 heteroatoms. The van der Waals surface area contributed by atoms with Crippen LogP contribution in [0.15, 0.2) is 36.4 Å². The number of aromatic nitrogens is 1. The number of benzene rings is 2. The summed E-state index contributed by atoms with van der Waals surface area (Å²) in [4.78, 5) is 15.4. The first-order chi connectivity index (χ1) is 15.0. The van der Waals surface area contributed by atoms with Gasteiger partial charge in [-0.2, -0.15) is 0 Å². The first-order valence-corrected chi connectivity index (χ1v) is 10.9. The maximum Gasteiger partial charge on any atom is 0.340 e. The minimum absolute atomic E-state index is 0.218. The van der Waals surface area contributed by atoms with Gasteiger partial charge < -0.3 is 19.1 Å². The van der Waals surface area contributed by atoms with Gasteiger partial charge in [0.2, 0.25) is 0 Å². The zero-order valence-electron chi connectivity index (χ0n) is 18.5. The number of nitrogens with zero attached hydrogens (tertiary/aromatic N) is 2. The number of esters is 1. The van der Waals surface area contributed by atoms with Crippen LogP contribution >= 0.6 is 0 Å². The molecule has 1 fully saturated rings. The number of hydrogen-bond acceptors (Lipinski definition) is 5. The number of carbonyl (C=O) groups excluding carboxylic acids is 1. The first-order valence-electron chi connectivity index (χ1n) is 10.9. The maximum absolute atomic E-state index is 13.0. The van der Waals surface area contributed by atoms with Gasteiger partial charge in [-0.1, -0.05) is 6.42 Å². The number of methoxy groups -OCH3 is 1. The molecule has 1 aromatic heterocycles. The second-order valence-electron chi connectivity index (χ2n) is 8.01. The largest absolute Gasteiger partial charge is 0.508 e. The molecule has 0 amide bonds. The van der Waals surface area contributed by atoms with E-state index >= 15 is 0 Å². The van der Waals surface area contributed by atoms with E-state index in [-0.39, 0.29) is 11.7 Å². The molecule has 1 saturated heterocycles. The Morgan fingerprint density at radius 3 is 2.42 bits per heavy atom. The fourth-order valence-corrected chi connectivity index (χ4v) is 4.58. The number of carbonyl (C=O) groups is 1. The van der Waals surface area contributed by atoms with Crippen molar-refractivity contribution in [2.45, 2.75) is 39.7 Å². The van der Waals surface area contributed by atoms with Gasteiger partial charge in [0, 0.05) is 28.9 Å². The molecule has 0 aliphatic carbocycles. The van der Waals surface area contributed by atoms with Crippen LogP contribution in [0.25, 0.3) is 16.6 Å². The van der Waals surface area contributed by atoms with Gasteiger partial charge in [0.05, 0.1) is 24.8 Å². The highest BCUT2D eigenvalue weighted by Gasteiger charge is 2.26. The summed E-state index contributed by atoms with van der Waals surface area (Å²) in [6.45, 7) is 6.65. The van der Waals surface area contributed by atoms with Gasteiger partial charge in [-0.05, 0) is 76.2 Å². The SMILES string of the molecule is CCOC(=O)c1c(C)n(-c2ccc(OC)cc2)c2ccc(O)c(CN3CCCCC3)c12. The Balaban J connectivity index is 1.93. The molecule has 2 heterocycles. The third-order valence-electron chi connectivity index (χ3n) is 6.09. The van der Waals surface area contributed by atoms with Crippen LogP contribution in [0.4, 0.5) is 0 Å². The molecular weight excluding hydrogens is 392 g/mol. The summed E-state index contributed by atoms with van der Waals surface area (Å²) >= 11 is 0. The minimum Gasteiger partial charge on any atom is -0.508 e. The Hall–Kier alpha value is -2.99. The molecule has 164 valence electrons. The molecule has 1 aliphatic rings. The van der Waals surface area contributed by atoms with E-state index in [1.54, 1.807) is 13.2 Å². The van der Waals surface area contributed by atoms with Gasteiger partial charge >= 0.3 is 5.97 Å². The number of piperidine rings is 1. The highest BCUT2D eigenvalue weighted by atomic mass is 16.5. The highest BCUT2D eigenvalue weighted by Crippen LogP contribution is 2.37. The molecule has 0 bridgehead atoms. The summed E-state index contributed by atoms with van der Waals surface area (Å²) in [5, 5.41) is 11.6. The average Bonchev–Trinajstić information content (AvgIpc) is 3.09. The average molecular weight is 423 g/mol.